The van der Waals surface area contributed by atoms with Crippen molar-refractivity contribution in [3.8, 4) is 5.88 Å². The molecule has 2 N–H and O–H groups in total. The molecule has 1 amide bonds. The predicted molar refractivity (Wildman–Crippen MR) is 90.4 cm³/mol. The van der Waals surface area contributed by atoms with Gasteiger partial charge in [0.2, 0.25) is 5.88 Å². The fourth-order valence-corrected chi connectivity index (χ4v) is 2.56. The summed E-state index contributed by atoms with van der Waals surface area (Å²) in [5.74, 6) is -1.50. The molecule has 2 rings (SSSR count). The van der Waals surface area contributed by atoms with Crippen LogP contribution in [0.3, 0.4) is 0 Å². The highest BCUT2D eigenvalue weighted by Crippen LogP contribution is 2.22. The van der Waals surface area contributed by atoms with Crippen LogP contribution in [0.4, 0.5) is 5.69 Å². The minimum atomic E-state index is -1.36. The van der Waals surface area contributed by atoms with Crippen LogP contribution in [-0.4, -0.2) is 38.8 Å². The molecule has 10 nitrogen and oxygen atoms in total. The van der Waals surface area contributed by atoms with Gasteiger partial charge in [0.25, 0.3) is 11.6 Å². The van der Waals surface area contributed by atoms with Gasteiger partial charge in [0.15, 0.2) is 0 Å². The molecule has 0 atom stereocenters. The van der Waals surface area contributed by atoms with E-state index in [9.17, 15) is 19.7 Å². The summed E-state index contributed by atoms with van der Waals surface area (Å²) in [6.07, 6.45) is 0.627. The number of nitro benzene ring substituents is 1. The Balaban J connectivity index is 2.29. The Bertz CT molecular complexity index is 842. The lowest BCUT2D eigenvalue weighted by Crippen LogP contribution is -2.24. The van der Waals surface area contributed by atoms with Crippen LogP contribution in [0.2, 0.25) is 0 Å². The van der Waals surface area contributed by atoms with Crippen molar-refractivity contribution >= 4 is 17.6 Å². The van der Waals surface area contributed by atoms with Crippen molar-refractivity contribution in [2.24, 2.45) is 7.05 Å². The number of aromatic nitrogens is 2. The van der Waals surface area contributed by atoms with Gasteiger partial charge < -0.3 is 15.2 Å². The number of hydrogen-bond donors (Lipinski definition) is 2. The molecule has 2 aromatic rings. The van der Waals surface area contributed by atoms with Crippen molar-refractivity contribution in [1.82, 2.24) is 15.1 Å². The van der Waals surface area contributed by atoms with E-state index in [4.69, 9.17) is 9.84 Å². The molecule has 0 aliphatic rings. The van der Waals surface area contributed by atoms with Gasteiger partial charge in [0, 0.05) is 24.7 Å². The molecule has 138 valence electrons. The minimum Gasteiger partial charge on any atom is -0.481 e. The first-order chi connectivity index (χ1) is 12.3. The van der Waals surface area contributed by atoms with Crippen LogP contribution in [0, 0.1) is 10.1 Å². The van der Waals surface area contributed by atoms with Crippen LogP contribution in [-0.2, 0) is 20.0 Å². The molecule has 0 radical (unpaired) electrons. The summed E-state index contributed by atoms with van der Waals surface area (Å²) >= 11 is 0. The van der Waals surface area contributed by atoms with Gasteiger partial charge in [-0.2, -0.15) is 5.10 Å². The number of carbonyl (C=O) groups excluding carboxylic acids is 1. The fourth-order valence-electron chi connectivity index (χ4n) is 2.56. The Hall–Kier alpha value is -3.43. The van der Waals surface area contributed by atoms with E-state index in [0.29, 0.717) is 17.9 Å². The number of nitrogens with zero attached hydrogens (tertiary/aromatic N) is 3. The van der Waals surface area contributed by atoms with E-state index in [2.05, 4.69) is 10.4 Å². The number of carbonyl (C=O) groups is 2. The maximum Gasteiger partial charge on any atom is 0.335 e. The second-order valence-electron chi connectivity index (χ2n) is 5.43. The molecule has 0 unspecified atom stereocenters. The zero-order chi connectivity index (χ0) is 19.4. The molecule has 1 aromatic heterocycles. The smallest absolute Gasteiger partial charge is 0.335 e. The number of benzene rings is 1. The highest BCUT2D eigenvalue weighted by Gasteiger charge is 2.20. The lowest BCUT2D eigenvalue weighted by molar-refractivity contribution is -0.384. The second kappa shape index (κ2) is 7.64. The van der Waals surface area contributed by atoms with E-state index < -0.39 is 22.5 Å². The number of nitrogens with one attached hydrogen (secondary N) is 1. The number of methoxy groups -OCH3 is 1. The van der Waals surface area contributed by atoms with Gasteiger partial charge in [-0.3, -0.25) is 14.9 Å². The number of nitro groups is 1. The topological polar surface area (TPSA) is 137 Å². The van der Waals surface area contributed by atoms with Crippen LogP contribution in [0.25, 0.3) is 0 Å². The maximum absolute atomic E-state index is 12.4. The summed E-state index contributed by atoms with van der Waals surface area (Å²) in [7, 11) is 3.20. The molecule has 0 aliphatic carbocycles. The molecule has 0 aliphatic heterocycles. The average molecular weight is 362 g/mol. The van der Waals surface area contributed by atoms with Crippen LogP contribution >= 0.6 is 0 Å². The molecule has 26 heavy (non-hydrogen) atoms. The zero-order valence-electron chi connectivity index (χ0n) is 14.5. The molecule has 0 bridgehead atoms. The van der Waals surface area contributed by atoms with Crippen molar-refractivity contribution in [3.63, 3.8) is 0 Å². The molecular weight excluding hydrogens is 344 g/mol. The van der Waals surface area contributed by atoms with Crippen LogP contribution in [0.5, 0.6) is 5.88 Å². The van der Waals surface area contributed by atoms with E-state index in [-0.39, 0.29) is 17.7 Å². The summed E-state index contributed by atoms with van der Waals surface area (Å²) in [6.45, 7) is 2.00. The van der Waals surface area contributed by atoms with E-state index >= 15 is 0 Å². The van der Waals surface area contributed by atoms with Gasteiger partial charge in [-0.1, -0.05) is 6.92 Å². The minimum absolute atomic E-state index is 0.0874. The van der Waals surface area contributed by atoms with E-state index in [1.165, 1.54) is 7.11 Å². The normalized spacial score (nSPS) is 10.4. The summed E-state index contributed by atoms with van der Waals surface area (Å²) in [4.78, 5) is 33.7. The summed E-state index contributed by atoms with van der Waals surface area (Å²) in [5.41, 5.74) is 0.517. The van der Waals surface area contributed by atoms with E-state index in [0.717, 1.165) is 23.9 Å². The number of carboxylic acid groups (broad SMARTS) is 1. The molecule has 0 saturated heterocycles. The molecule has 10 heteroatoms. The van der Waals surface area contributed by atoms with E-state index in [1.54, 1.807) is 11.7 Å². The predicted octanol–water partition coefficient (Wildman–Crippen LogP) is 1.53. The highest BCUT2D eigenvalue weighted by atomic mass is 16.6. The molecule has 0 spiro atoms. The largest absolute Gasteiger partial charge is 0.481 e. The maximum atomic E-state index is 12.4. The standard InChI is InChI=1S/C16H18N4O6/c1-4-13-12(15(26-3)19(2)18-13)8-17-14(21)9-5-10(16(22)23)7-11(6-9)20(24)25/h5-7H,4,8H2,1-3H3,(H,17,21)(H,22,23). The van der Waals surface area contributed by atoms with E-state index in [1.807, 2.05) is 6.92 Å². The number of aryl methyl sites for hydroxylation is 2. The third-order valence-corrected chi connectivity index (χ3v) is 3.76. The molecule has 1 heterocycles. The lowest BCUT2D eigenvalue weighted by Gasteiger charge is -2.08. The van der Waals surface area contributed by atoms with Gasteiger partial charge in [-0.25, -0.2) is 9.48 Å². The molecule has 1 aromatic carbocycles. The monoisotopic (exact) mass is 362 g/mol. The third-order valence-electron chi connectivity index (χ3n) is 3.76. The molecular formula is C16H18N4O6. The Morgan fingerprint density at radius 2 is 2.00 bits per heavy atom. The first-order valence-electron chi connectivity index (χ1n) is 7.68. The van der Waals surface area contributed by atoms with Crippen molar-refractivity contribution in [2.45, 2.75) is 19.9 Å². The molecule has 0 saturated carbocycles. The summed E-state index contributed by atoms with van der Waals surface area (Å²) in [6, 6.07) is 3.02. The first-order valence-corrected chi connectivity index (χ1v) is 7.68. The van der Waals surface area contributed by atoms with Crippen LogP contribution in [0.15, 0.2) is 18.2 Å². The number of ether oxygens (including phenoxy) is 1. The van der Waals surface area contributed by atoms with Crippen molar-refractivity contribution in [3.05, 3.63) is 50.7 Å². The van der Waals surface area contributed by atoms with Gasteiger partial charge >= 0.3 is 5.97 Å². The summed E-state index contributed by atoms with van der Waals surface area (Å²) in [5, 5.41) is 26.9. The van der Waals surface area contributed by atoms with Crippen LogP contribution < -0.4 is 10.1 Å². The average Bonchev–Trinajstić information content (AvgIpc) is 2.93. The van der Waals surface area contributed by atoms with Crippen molar-refractivity contribution in [1.29, 1.82) is 0 Å². The van der Waals surface area contributed by atoms with Gasteiger partial charge in [-0.15, -0.1) is 0 Å². The Morgan fingerprint density at radius 1 is 1.35 bits per heavy atom. The Morgan fingerprint density at radius 3 is 2.54 bits per heavy atom. The summed E-state index contributed by atoms with van der Waals surface area (Å²) < 4.78 is 6.83. The third kappa shape index (κ3) is 3.79. The zero-order valence-corrected chi connectivity index (χ0v) is 14.5. The number of aromatic carboxylic acids is 1. The van der Waals surface area contributed by atoms with Gasteiger partial charge in [0.05, 0.1) is 35.4 Å². The van der Waals surface area contributed by atoms with Crippen molar-refractivity contribution in [2.75, 3.05) is 7.11 Å². The first kappa shape index (κ1) is 18.9. The second-order valence-corrected chi connectivity index (χ2v) is 5.43. The number of hydrogen-bond acceptors (Lipinski definition) is 6. The van der Waals surface area contributed by atoms with Crippen molar-refractivity contribution < 1.29 is 24.4 Å². The van der Waals surface area contributed by atoms with Crippen LogP contribution in [0.1, 0.15) is 38.9 Å². The Kier molecular flexibility index (Phi) is 5.55. The number of non-ortho nitro benzene ring substituents is 1. The Labute approximate surface area is 148 Å². The number of amides is 1. The molecule has 0 fully saturated rings. The fraction of sp³-hybridized carbons (Fsp3) is 0.312. The number of carboxylic acids is 1. The lowest BCUT2D eigenvalue weighted by atomic mass is 10.1. The quantitative estimate of drug-likeness (QED) is 0.563. The van der Waals surface area contributed by atoms with Gasteiger partial charge in [-0.05, 0) is 12.5 Å². The van der Waals surface area contributed by atoms with Gasteiger partial charge in [0.1, 0.15) is 0 Å². The highest BCUT2D eigenvalue weighted by molar-refractivity contribution is 5.98. The SMILES string of the molecule is CCc1nn(C)c(OC)c1CNC(=O)c1cc(C(=O)O)cc([N+](=O)[O-])c1. The number of rotatable bonds is 7.